The number of hydroxylamine groups is 2. The molecule has 2 rings (SSSR count). The topological polar surface area (TPSA) is 66.6 Å². The third-order valence-electron chi connectivity index (χ3n) is 3.19. The molecule has 0 fully saturated rings. The van der Waals surface area contributed by atoms with E-state index in [4.69, 9.17) is 4.42 Å². The summed E-state index contributed by atoms with van der Waals surface area (Å²) in [4.78, 5) is 16.0. The number of aryl methyl sites for hydroxylation is 2. The van der Waals surface area contributed by atoms with E-state index in [1.165, 1.54) is 7.05 Å². The summed E-state index contributed by atoms with van der Waals surface area (Å²) in [5.41, 5.74) is 2.81. The number of hydrogen-bond donors (Lipinski definition) is 1. The molecule has 5 heteroatoms. The van der Waals surface area contributed by atoms with Crippen molar-refractivity contribution in [2.45, 2.75) is 26.7 Å². The summed E-state index contributed by atoms with van der Waals surface area (Å²) in [5.74, 6) is -0.117. The molecule has 0 aliphatic carbocycles. The van der Waals surface area contributed by atoms with Crippen LogP contribution in [-0.2, 0) is 4.79 Å². The first-order valence-corrected chi connectivity index (χ1v) is 6.41. The Hall–Kier alpha value is -2.14. The maximum absolute atomic E-state index is 11.7. The fourth-order valence-corrected chi connectivity index (χ4v) is 1.96. The van der Waals surface area contributed by atoms with Gasteiger partial charge in [-0.25, -0.2) is 10.0 Å². The van der Waals surface area contributed by atoms with Crippen LogP contribution in [0.25, 0.3) is 11.3 Å². The van der Waals surface area contributed by atoms with Crippen molar-refractivity contribution in [3.63, 3.8) is 0 Å². The molecule has 5 nitrogen and oxygen atoms in total. The Morgan fingerprint density at radius 1 is 1.30 bits per heavy atom. The average molecular weight is 274 g/mol. The third kappa shape index (κ3) is 2.72. The Kier molecular flexibility index (Phi) is 3.90. The molecule has 1 N–H and O–H groups in total. The number of amides is 1. The van der Waals surface area contributed by atoms with Crippen molar-refractivity contribution in [2.75, 3.05) is 7.05 Å². The van der Waals surface area contributed by atoms with Gasteiger partial charge in [0.1, 0.15) is 5.92 Å². The first kappa shape index (κ1) is 14.3. The Morgan fingerprint density at radius 2 is 1.90 bits per heavy atom. The quantitative estimate of drug-likeness (QED) is 0.690. The molecule has 2 aromatic rings. The van der Waals surface area contributed by atoms with Crippen molar-refractivity contribution in [3.8, 4) is 11.3 Å². The van der Waals surface area contributed by atoms with Crippen LogP contribution in [0.1, 0.15) is 30.0 Å². The van der Waals surface area contributed by atoms with Crippen LogP contribution in [0.5, 0.6) is 0 Å². The molecule has 0 aliphatic heterocycles. The van der Waals surface area contributed by atoms with Crippen molar-refractivity contribution in [2.24, 2.45) is 0 Å². The molecule has 20 heavy (non-hydrogen) atoms. The third-order valence-corrected chi connectivity index (χ3v) is 3.19. The van der Waals surface area contributed by atoms with Crippen molar-refractivity contribution in [1.29, 1.82) is 0 Å². The SMILES string of the molecule is Cc1ccc(-c2oc(C(C)C(=O)N(C)O)nc2C)cc1. The lowest BCUT2D eigenvalue weighted by molar-refractivity contribution is -0.161. The molecule has 0 spiro atoms. The standard InChI is InChI=1S/C15H18N2O3/c1-9-5-7-12(8-6-9)13-11(3)16-14(20-13)10(2)15(18)17(4)19/h5-8,10,19H,1-4H3. The van der Waals surface area contributed by atoms with Crippen LogP contribution in [0, 0.1) is 13.8 Å². The zero-order chi connectivity index (χ0) is 14.9. The number of oxazole rings is 1. The Labute approximate surface area is 117 Å². The first-order valence-electron chi connectivity index (χ1n) is 6.41. The fourth-order valence-electron chi connectivity index (χ4n) is 1.96. The lowest BCUT2D eigenvalue weighted by Gasteiger charge is -2.11. The van der Waals surface area contributed by atoms with Gasteiger partial charge in [-0.05, 0) is 20.8 Å². The van der Waals surface area contributed by atoms with Gasteiger partial charge in [0.25, 0.3) is 5.91 Å². The molecule has 1 heterocycles. The van der Waals surface area contributed by atoms with Gasteiger partial charge in [-0.3, -0.25) is 10.0 Å². The summed E-state index contributed by atoms with van der Waals surface area (Å²) >= 11 is 0. The summed E-state index contributed by atoms with van der Waals surface area (Å²) in [6.07, 6.45) is 0. The molecule has 1 unspecified atom stereocenters. The van der Waals surface area contributed by atoms with E-state index in [2.05, 4.69) is 4.98 Å². The van der Waals surface area contributed by atoms with Gasteiger partial charge in [-0.2, -0.15) is 0 Å². The molecular formula is C15H18N2O3. The summed E-state index contributed by atoms with van der Waals surface area (Å²) in [6, 6.07) is 7.90. The summed E-state index contributed by atoms with van der Waals surface area (Å²) in [7, 11) is 1.29. The van der Waals surface area contributed by atoms with E-state index in [1.54, 1.807) is 6.92 Å². The average Bonchev–Trinajstić information content (AvgIpc) is 2.80. The highest BCUT2D eigenvalue weighted by atomic mass is 16.5. The molecule has 1 aromatic carbocycles. The smallest absolute Gasteiger partial charge is 0.257 e. The Bertz CT molecular complexity index is 615. The highest BCUT2D eigenvalue weighted by Gasteiger charge is 2.24. The van der Waals surface area contributed by atoms with Crippen molar-refractivity contribution in [1.82, 2.24) is 10.0 Å². The number of hydrogen-bond acceptors (Lipinski definition) is 4. The number of carbonyl (C=O) groups is 1. The number of aromatic nitrogens is 1. The molecule has 106 valence electrons. The van der Waals surface area contributed by atoms with Gasteiger partial charge in [0.05, 0.1) is 5.69 Å². The number of carbonyl (C=O) groups excluding carboxylic acids is 1. The van der Waals surface area contributed by atoms with Gasteiger partial charge >= 0.3 is 0 Å². The molecular weight excluding hydrogens is 256 g/mol. The van der Waals surface area contributed by atoms with Gasteiger partial charge in [0.15, 0.2) is 5.76 Å². The minimum absolute atomic E-state index is 0.309. The van der Waals surface area contributed by atoms with E-state index in [1.807, 2.05) is 38.1 Å². The first-order chi connectivity index (χ1) is 9.40. The van der Waals surface area contributed by atoms with Crippen LogP contribution < -0.4 is 0 Å². The van der Waals surface area contributed by atoms with Crippen molar-refractivity contribution in [3.05, 3.63) is 41.4 Å². The highest BCUT2D eigenvalue weighted by Crippen LogP contribution is 2.28. The predicted molar refractivity (Wildman–Crippen MR) is 74.4 cm³/mol. The summed E-state index contributed by atoms with van der Waals surface area (Å²) in [6.45, 7) is 5.50. The number of nitrogens with zero attached hydrogens (tertiary/aromatic N) is 2. The van der Waals surface area contributed by atoms with Crippen molar-refractivity contribution >= 4 is 5.91 Å². The molecule has 0 saturated heterocycles. The molecule has 0 aliphatic rings. The zero-order valence-corrected chi connectivity index (χ0v) is 12.0. The Balaban J connectivity index is 2.34. The van der Waals surface area contributed by atoms with E-state index in [-0.39, 0.29) is 0 Å². The van der Waals surface area contributed by atoms with E-state index in [0.29, 0.717) is 16.7 Å². The van der Waals surface area contributed by atoms with Gasteiger partial charge in [0, 0.05) is 12.6 Å². The van der Waals surface area contributed by atoms with Crippen LogP contribution in [0.2, 0.25) is 0 Å². The van der Waals surface area contributed by atoms with E-state index in [0.717, 1.165) is 16.8 Å². The number of likely N-dealkylation sites (N-methyl/N-ethyl adjacent to an activating group) is 1. The van der Waals surface area contributed by atoms with Crippen LogP contribution >= 0.6 is 0 Å². The highest BCUT2D eigenvalue weighted by molar-refractivity contribution is 5.81. The van der Waals surface area contributed by atoms with Crippen LogP contribution in [0.15, 0.2) is 28.7 Å². The minimum atomic E-state index is -0.622. The van der Waals surface area contributed by atoms with E-state index >= 15 is 0 Å². The predicted octanol–water partition coefficient (Wildman–Crippen LogP) is 2.91. The number of rotatable bonds is 3. The molecule has 0 saturated carbocycles. The lowest BCUT2D eigenvalue weighted by atomic mass is 10.1. The van der Waals surface area contributed by atoms with Gasteiger partial charge in [-0.15, -0.1) is 0 Å². The summed E-state index contributed by atoms with van der Waals surface area (Å²) < 4.78 is 5.70. The lowest BCUT2D eigenvalue weighted by Crippen LogP contribution is -2.27. The normalized spacial score (nSPS) is 12.2. The second kappa shape index (κ2) is 5.46. The molecule has 1 atom stereocenters. The zero-order valence-electron chi connectivity index (χ0n) is 12.0. The summed E-state index contributed by atoms with van der Waals surface area (Å²) in [5, 5.41) is 9.74. The van der Waals surface area contributed by atoms with Gasteiger partial charge < -0.3 is 4.42 Å². The van der Waals surface area contributed by atoms with Crippen LogP contribution in [0.3, 0.4) is 0 Å². The van der Waals surface area contributed by atoms with E-state index < -0.39 is 11.8 Å². The molecule has 0 radical (unpaired) electrons. The number of benzene rings is 1. The van der Waals surface area contributed by atoms with Crippen LogP contribution in [0.4, 0.5) is 0 Å². The maximum Gasteiger partial charge on any atom is 0.257 e. The molecule has 0 bridgehead atoms. The Morgan fingerprint density at radius 3 is 2.45 bits per heavy atom. The minimum Gasteiger partial charge on any atom is -0.440 e. The second-order valence-electron chi connectivity index (χ2n) is 4.92. The second-order valence-corrected chi connectivity index (χ2v) is 4.92. The van der Waals surface area contributed by atoms with E-state index in [9.17, 15) is 10.0 Å². The largest absolute Gasteiger partial charge is 0.440 e. The van der Waals surface area contributed by atoms with Crippen LogP contribution in [-0.4, -0.2) is 28.2 Å². The monoisotopic (exact) mass is 274 g/mol. The molecule has 1 aromatic heterocycles. The van der Waals surface area contributed by atoms with Gasteiger partial charge in [0.2, 0.25) is 5.89 Å². The molecule has 1 amide bonds. The van der Waals surface area contributed by atoms with Crippen molar-refractivity contribution < 1.29 is 14.4 Å². The van der Waals surface area contributed by atoms with Gasteiger partial charge in [-0.1, -0.05) is 29.8 Å². The maximum atomic E-state index is 11.7. The fraction of sp³-hybridized carbons (Fsp3) is 0.333.